The summed E-state index contributed by atoms with van der Waals surface area (Å²) in [7, 11) is 0. The standard InChI is InChI=1S/C22H16ClN3O3S/c23-15-6-8-17(9-7-15)26(14-16-4-1-2-12-24-16)22(28)19-10-11-20(30-19)25-21(27)18-5-3-13-29-18/h1-13H,14H2,(H,25,27). The number of hydrogen-bond donors (Lipinski definition) is 1. The van der Waals surface area contributed by atoms with Crippen LogP contribution in [0.25, 0.3) is 0 Å². The van der Waals surface area contributed by atoms with Gasteiger partial charge in [-0.2, -0.15) is 0 Å². The van der Waals surface area contributed by atoms with Crippen LogP contribution in [-0.4, -0.2) is 16.8 Å². The maximum absolute atomic E-state index is 13.3. The first-order valence-electron chi connectivity index (χ1n) is 9.02. The first-order chi connectivity index (χ1) is 14.6. The van der Waals surface area contributed by atoms with Gasteiger partial charge in [0.05, 0.1) is 28.4 Å². The predicted octanol–water partition coefficient (Wildman–Crippen LogP) is 5.49. The molecule has 2 amide bonds. The number of halogens is 1. The number of rotatable bonds is 6. The van der Waals surface area contributed by atoms with Gasteiger partial charge in [-0.25, -0.2) is 0 Å². The van der Waals surface area contributed by atoms with Gasteiger partial charge in [-0.1, -0.05) is 17.7 Å². The molecule has 0 unspecified atom stereocenters. The summed E-state index contributed by atoms with van der Waals surface area (Å²) >= 11 is 7.20. The van der Waals surface area contributed by atoms with Gasteiger partial charge in [0.2, 0.25) is 0 Å². The second-order valence-electron chi connectivity index (χ2n) is 6.28. The van der Waals surface area contributed by atoms with E-state index < -0.39 is 0 Å². The second-order valence-corrected chi connectivity index (χ2v) is 7.80. The third kappa shape index (κ3) is 4.59. The molecule has 1 N–H and O–H groups in total. The zero-order chi connectivity index (χ0) is 20.9. The highest BCUT2D eigenvalue weighted by molar-refractivity contribution is 7.18. The largest absolute Gasteiger partial charge is 0.459 e. The van der Waals surface area contributed by atoms with Gasteiger partial charge in [0, 0.05) is 16.9 Å². The molecule has 0 atom stereocenters. The Labute approximate surface area is 181 Å². The minimum Gasteiger partial charge on any atom is -0.459 e. The van der Waals surface area contributed by atoms with Crippen molar-refractivity contribution in [2.75, 3.05) is 10.2 Å². The van der Waals surface area contributed by atoms with Crippen molar-refractivity contribution in [2.45, 2.75) is 6.54 Å². The van der Waals surface area contributed by atoms with Crippen LogP contribution in [0.2, 0.25) is 5.02 Å². The van der Waals surface area contributed by atoms with Crippen molar-refractivity contribution in [3.63, 3.8) is 0 Å². The van der Waals surface area contributed by atoms with E-state index in [1.165, 1.54) is 17.6 Å². The SMILES string of the molecule is O=C(Nc1ccc(C(=O)N(Cc2ccccn2)c2ccc(Cl)cc2)s1)c1ccco1. The third-order valence-corrected chi connectivity index (χ3v) is 5.47. The molecule has 4 aromatic rings. The molecule has 0 saturated carbocycles. The average Bonchev–Trinajstić information content (AvgIpc) is 3.45. The molecule has 150 valence electrons. The zero-order valence-electron chi connectivity index (χ0n) is 15.6. The lowest BCUT2D eigenvalue weighted by atomic mass is 10.2. The van der Waals surface area contributed by atoms with Crippen molar-refractivity contribution in [1.29, 1.82) is 0 Å². The van der Waals surface area contributed by atoms with Crippen molar-refractivity contribution >= 4 is 45.4 Å². The molecular weight excluding hydrogens is 422 g/mol. The van der Waals surface area contributed by atoms with E-state index in [-0.39, 0.29) is 17.6 Å². The highest BCUT2D eigenvalue weighted by Gasteiger charge is 2.21. The Morgan fingerprint density at radius 1 is 1.03 bits per heavy atom. The number of thiophene rings is 1. The van der Waals surface area contributed by atoms with Crippen LogP contribution in [-0.2, 0) is 6.54 Å². The van der Waals surface area contributed by atoms with Gasteiger partial charge in [-0.05, 0) is 60.7 Å². The van der Waals surface area contributed by atoms with Crippen molar-refractivity contribution in [1.82, 2.24) is 4.98 Å². The number of amides is 2. The van der Waals surface area contributed by atoms with Crippen molar-refractivity contribution in [3.8, 4) is 0 Å². The number of anilines is 2. The number of aromatic nitrogens is 1. The summed E-state index contributed by atoms with van der Waals surface area (Å²) in [4.78, 5) is 31.9. The monoisotopic (exact) mass is 437 g/mol. The van der Waals surface area contributed by atoms with Crippen molar-refractivity contribution in [3.05, 3.63) is 101 Å². The smallest absolute Gasteiger partial charge is 0.291 e. The Balaban J connectivity index is 1.57. The maximum Gasteiger partial charge on any atom is 0.291 e. The second kappa shape index (κ2) is 8.94. The summed E-state index contributed by atoms with van der Waals surface area (Å²) in [6.45, 7) is 0.299. The number of benzene rings is 1. The van der Waals surface area contributed by atoms with Gasteiger partial charge in [0.25, 0.3) is 11.8 Å². The van der Waals surface area contributed by atoms with E-state index in [0.29, 0.717) is 27.1 Å². The van der Waals surface area contributed by atoms with Crippen LogP contribution < -0.4 is 10.2 Å². The fourth-order valence-electron chi connectivity index (χ4n) is 2.79. The normalized spacial score (nSPS) is 10.6. The average molecular weight is 438 g/mol. The molecule has 4 rings (SSSR count). The quantitative estimate of drug-likeness (QED) is 0.432. The zero-order valence-corrected chi connectivity index (χ0v) is 17.2. The molecule has 3 aromatic heterocycles. The number of furan rings is 1. The van der Waals surface area contributed by atoms with E-state index in [2.05, 4.69) is 10.3 Å². The fraction of sp³-hybridized carbons (Fsp3) is 0.0455. The number of pyridine rings is 1. The van der Waals surface area contributed by atoms with Gasteiger partial charge >= 0.3 is 0 Å². The summed E-state index contributed by atoms with van der Waals surface area (Å²) in [5.41, 5.74) is 1.45. The topological polar surface area (TPSA) is 75.4 Å². The molecule has 0 aliphatic heterocycles. The van der Waals surface area contributed by atoms with E-state index in [1.54, 1.807) is 59.6 Å². The molecule has 0 radical (unpaired) electrons. The van der Waals surface area contributed by atoms with Gasteiger partial charge in [0.15, 0.2) is 5.76 Å². The lowest BCUT2D eigenvalue weighted by Gasteiger charge is -2.22. The van der Waals surface area contributed by atoms with Gasteiger partial charge in [-0.15, -0.1) is 11.3 Å². The van der Waals surface area contributed by atoms with Crippen LogP contribution in [0, 0.1) is 0 Å². The molecule has 6 nitrogen and oxygen atoms in total. The molecule has 0 saturated heterocycles. The fourth-order valence-corrected chi connectivity index (χ4v) is 3.77. The Morgan fingerprint density at radius 3 is 2.57 bits per heavy atom. The van der Waals surface area contributed by atoms with Crippen molar-refractivity contribution < 1.29 is 14.0 Å². The molecule has 30 heavy (non-hydrogen) atoms. The van der Waals surface area contributed by atoms with E-state index >= 15 is 0 Å². The van der Waals surface area contributed by atoms with Crippen LogP contribution >= 0.6 is 22.9 Å². The highest BCUT2D eigenvalue weighted by atomic mass is 35.5. The molecular formula is C22H16ClN3O3S. The summed E-state index contributed by atoms with van der Waals surface area (Å²) in [5, 5.41) is 3.88. The van der Waals surface area contributed by atoms with E-state index in [0.717, 1.165) is 5.69 Å². The Kier molecular flexibility index (Phi) is 5.92. The molecule has 3 heterocycles. The first-order valence-corrected chi connectivity index (χ1v) is 10.2. The highest BCUT2D eigenvalue weighted by Crippen LogP contribution is 2.27. The molecule has 0 fully saturated rings. The van der Waals surface area contributed by atoms with Gasteiger partial charge in [-0.3, -0.25) is 14.6 Å². The van der Waals surface area contributed by atoms with E-state index in [4.69, 9.17) is 16.0 Å². The minimum atomic E-state index is -0.371. The van der Waals surface area contributed by atoms with Crippen LogP contribution in [0.4, 0.5) is 10.7 Å². The first kappa shape index (κ1) is 19.9. The molecule has 1 aromatic carbocycles. The van der Waals surface area contributed by atoms with Crippen LogP contribution in [0.15, 0.2) is 83.6 Å². The van der Waals surface area contributed by atoms with E-state index in [9.17, 15) is 9.59 Å². The molecule has 0 aliphatic carbocycles. The molecule has 8 heteroatoms. The minimum absolute atomic E-state index is 0.202. The number of hydrogen-bond acceptors (Lipinski definition) is 5. The lowest BCUT2D eigenvalue weighted by molar-refractivity contribution is 0.0984. The summed E-state index contributed by atoms with van der Waals surface area (Å²) in [5.74, 6) is -0.371. The van der Waals surface area contributed by atoms with Crippen LogP contribution in [0.1, 0.15) is 25.9 Å². The molecule has 0 aliphatic rings. The lowest BCUT2D eigenvalue weighted by Crippen LogP contribution is -2.30. The number of carbonyl (C=O) groups excluding carboxylic acids is 2. The van der Waals surface area contributed by atoms with E-state index in [1.807, 2.05) is 18.2 Å². The number of nitrogens with zero attached hydrogens (tertiary/aromatic N) is 2. The summed E-state index contributed by atoms with van der Waals surface area (Å²) in [6, 6.07) is 19.2. The Morgan fingerprint density at radius 2 is 1.87 bits per heavy atom. The van der Waals surface area contributed by atoms with Crippen LogP contribution in [0.3, 0.4) is 0 Å². The van der Waals surface area contributed by atoms with Crippen LogP contribution in [0.5, 0.6) is 0 Å². The molecule has 0 spiro atoms. The van der Waals surface area contributed by atoms with Gasteiger partial charge < -0.3 is 14.6 Å². The Bertz CT molecular complexity index is 1140. The number of carbonyl (C=O) groups is 2. The van der Waals surface area contributed by atoms with Crippen molar-refractivity contribution in [2.24, 2.45) is 0 Å². The predicted molar refractivity (Wildman–Crippen MR) is 117 cm³/mol. The Hall–Kier alpha value is -3.42. The summed E-state index contributed by atoms with van der Waals surface area (Å²) < 4.78 is 5.09. The number of nitrogens with one attached hydrogen (secondary N) is 1. The maximum atomic E-state index is 13.3. The molecule has 0 bridgehead atoms. The third-order valence-electron chi connectivity index (χ3n) is 4.23. The van der Waals surface area contributed by atoms with Gasteiger partial charge in [0.1, 0.15) is 0 Å². The summed E-state index contributed by atoms with van der Waals surface area (Å²) in [6.07, 6.45) is 3.12.